The molecule has 1 aromatic carbocycles. The van der Waals surface area contributed by atoms with Gasteiger partial charge in [-0.3, -0.25) is 4.68 Å². The molecule has 2 aromatic rings. The lowest BCUT2D eigenvalue weighted by atomic mass is 9.80. The quantitative estimate of drug-likeness (QED) is 0.898. The molecule has 0 radical (unpaired) electrons. The second-order valence-electron chi connectivity index (χ2n) is 4.91. The van der Waals surface area contributed by atoms with Gasteiger partial charge in [0.1, 0.15) is 5.82 Å². The van der Waals surface area contributed by atoms with Gasteiger partial charge >= 0.3 is 0 Å². The van der Waals surface area contributed by atoms with Crippen molar-refractivity contribution < 1.29 is 0 Å². The molecule has 1 saturated carbocycles. The van der Waals surface area contributed by atoms with Gasteiger partial charge in [-0.25, -0.2) is 0 Å². The number of anilines is 1. The van der Waals surface area contributed by atoms with Crippen LogP contribution in [0.15, 0.2) is 24.3 Å². The fourth-order valence-electron chi connectivity index (χ4n) is 2.47. The molecule has 1 aliphatic carbocycles. The zero-order valence-electron chi connectivity index (χ0n) is 10.4. The third-order valence-electron chi connectivity index (χ3n) is 3.72. The van der Waals surface area contributed by atoms with Crippen LogP contribution in [0.25, 0.3) is 11.1 Å². The largest absolute Gasteiger partial charge is 0.383 e. The molecule has 4 heteroatoms. The average molecular weight is 262 g/mol. The van der Waals surface area contributed by atoms with Crippen molar-refractivity contribution >= 4 is 17.4 Å². The fraction of sp³-hybridized carbons (Fsp3) is 0.357. The molecular formula is C14H16ClN3. The second-order valence-corrected chi connectivity index (χ2v) is 5.34. The smallest absolute Gasteiger partial charge is 0.129 e. The van der Waals surface area contributed by atoms with Crippen LogP contribution in [0.1, 0.15) is 30.9 Å². The van der Waals surface area contributed by atoms with Crippen molar-refractivity contribution in [2.45, 2.75) is 25.2 Å². The van der Waals surface area contributed by atoms with Crippen LogP contribution in [0.3, 0.4) is 0 Å². The molecule has 0 amide bonds. The zero-order chi connectivity index (χ0) is 12.7. The van der Waals surface area contributed by atoms with Crippen LogP contribution in [0.5, 0.6) is 0 Å². The van der Waals surface area contributed by atoms with Crippen molar-refractivity contribution in [3.8, 4) is 11.1 Å². The minimum Gasteiger partial charge on any atom is -0.383 e. The van der Waals surface area contributed by atoms with E-state index in [9.17, 15) is 0 Å². The van der Waals surface area contributed by atoms with Gasteiger partial charge in [-0.2, -0.15) is 5.10 Å². The molecule has 94 valence electrons. The minimum absolute atomic E-state index is 0.558. The first-order valence-electron chi connectivity index (χ1n) is 6.25. The van der Waals surface area contributed by atoms with Crippen molar-refractivity contribution in [2.24, 2.45) is 7.05 Å². The van der Waals surface area contributed by atoms with Gasteiger partial charge in [-0.1, -0.05) is 30.2 Å². The molecular weight excluding hydrogens is 246 g/mol. The third kappa shape index (κ3) is 1.79. The second kappa shape index (κ2) is 4.32. The summed E-state index contributed by atoms with van der Waals surface area (Å²) in [6, 6.07) is 7.83. The Morgan fingerprint density at radius 2 is 2.17 bits per heavy atom. The number of hydrogen-bond acceptors (Lipinski definition) is 2. The number of hydrogen-bond donors (Lipinski definition) is 1. The molecule has 0 aliphatic heterocycles. The van der Waals surface area contributed by atoms with E-state index in [1.165, 1.54) is 19.3 Å². The van der Waals surface area contributed by atoms with E-state index in [2.05, 4.69) is 5.10 Å². The van der Waals surface area contributed by atoms with Gasteiger partial charge in [0.15, 0.2) is 0 Å². The lowest BCUT2D eigenvalue weighted by molar-refractivity contribution is 0.408. The average Bonchev–Trinajstić information content (AvgIpc) is 2.53. The molecule has 1 heterocycles. The van der Waals surface area contributed by atoms with Crippen molar-refractivity contribution in [2.75, 3.05) is 5.73 Å². The van der Waals surface area contributed by atoms with E-state index in [0.717, 1.165) is 27.7 Å². The first-order valence-corrected chi connectivity index (χ1v) is 6.63. The summed E-state index contributed by atoms with van der Waals surface area (Å²) in [4.78, 5) is 0. The molecule has 1 aromatic heterocycles. The van der Waals surface area contributed by atoms with Gasteiger partial charge in [-0.15, -0.1) is 0 Å². The summed E-state index contributed by atoms with van der Waals surface area (Å²) in [6.07, 6.45) is 3.71. The van der Waals surface area contributed by atoms with E-state index in [4.69, 9.17) is 17.3 Å². The van der Waals surface area contributed by atoms with Crippen LogP contribution in [-0.2, 0) is 7.05 Å². The molecule has 3 nitrogen and oxygen atoms in total. The first-order chi connectivity index (χ1) is 8.66. The van der Waals surface area contributed by atoms with Crippen LogP contribution in [0.2, 0.25) is 5.02 Å². The third-order valence-corrected chi connectivity index (χ3v) is 3.96. The standard InChI is InChI=1S/C14H16ClN3/c1-18-14(16)12(10-6-3-7-11(15)8-10)13(17-18)9-4-2-5-9/h3,6-9H,2,4-5,16H2,1H3. The van der Waals surface area contributed by atoms with Gasteiger partial charge in [0.2, 0.25) is 0 Å². The lowest BCUT2D eigenvalue weighted by Crippen LogP contribution is -2.10. The molecule has 1 fully saturated rings. The molecule has 3 rings (SSSR count). The predicted octanol–water partition coefficient (Wildman–Crippen LogP) is 3.59. The number of halogens is 1. The van der Waals surface area contributed by atoms with Crippen molar-refractivity contribution in [3.05, 3.63) is 35.0 Å². The van der Waals surface area contributed by atoms with Crippen molar-refractivity contribution in [1.29, 1.82) is 0 Å². The van der Waals surface area contributed by atoms with Crippen LogP contribution in [0.4, 0.5) is 5.82 Å². The molecule has 18 heavy (non-hydrogen) atoms. The van der Waals surface area contributed by atoms with E-state index in [1.54, 1.807) is 4.68 Å². The van der Waals surface area contributed by atoms with E-state index in [0.29, 0.717) is 5.92 Å². The molecule has 0 unspecified atom stereocenters. The highest BCUT2D eigenvalue weighted by Gasteiger charge is 2.27. The fourth-order valence-corrected chi connectivity index (χ4v) is 2.66. The SMILES string of the molecule is Cn1nc(C2CCC2)c(-c2cccc(Cl)c2)c1N. The Morgan fingerprint density at radius 3 is 2.78 bits per heavy atom. The summed E-state index contributed by atoms with van der Waals surface area (Å²) >= 11 is 6.07. The monoisotopic (exact) mass is 261 g/mol. The maximum absolute atomic E-state index is 6.16. The molecule has 0 atom stereocenters. The molecule has 1 aliphatic rings. The Hall–Kier alpha value is -1.48. The number of nitrogen functional groups attached to an aromatic ring is 1. The summed E-state index contributed by atoms with van der Waals surface area (Å²) in [6.45, 7) is 0. The highest BCUT2D eigenvalue weighted by Crippen LogP contribution is 2.42. The highest BCUT2D eigenvalue weighted by atomic mass is 35.5. The Balaban J connectivity index is 2.14. The van der Waals surface area contributed by atoms with Gasteiger partial charge in [0, 0.05) is 23.6 Å². The molecule has 0 bridgehead atoms. The topological polar surface area (TPSA) is 43.8 Å². The number of rotatable bonds is 2. The van der Waals surface area contributed by atoms with Crippen LogP contribution < -0.4 is 5.73 Å². The zero-order valence-corrected chi connectivity index (χ0v) is 11.1. The molecule has 0 saturated heterocycles. The number of nitrogens with two attached hydrogens (primary N) is 1. The normalized spacial score (nSPS) is 15.7. The number of nitrogens with zero attached hydrogens (tertiary/aromatic N) is 2. The summed E-state index contributed by atoms with van der Waals surface area (Å²) in [5.74, 6) is 1.28. The summed E-state index contributed by atoms with van der Waals surface area (Å²) in [7, 11) is 1.89. The maximum Gasteiger partial charge on any atom is 0.129 e. The summed E-state index contributed by atoms with van der Waals surface area (Å²) in [5.41, 5.74) is 9.41. The van der Waals surface area contributed by atoms with E-state index >= 15 is 0 Å². The van der Waals surface area contributed by atoms with Crippen LogP contribution in [-0.4, -0.2) is 9.78 Å². The molecule has 0 spiro atoms. The molecule has 2 N–H and O–H groups in total. The Bertz CT molecular complexity index is 585. The number of aryl methyl sites for hydroxylation is 1. The minimum atomic E-state index is 0.558. The Morgan fingerprint density at radius 1 is 1.39 bits per heavy atom. The van der Waals surface area contributed by atoms with E-state index in [1.807, 2.05) is 31.3 Å². The van der Waals surface area contributed by atoms with Crippen LogP contribution >= 0.6 is 11.6 Å². The first kappa shape index (κ1) is 11.6. The van der Waals surface area contributed by atoms with Crippen molar-refractivity contribution in [3.63, 3.8) is 0 Å². The van der Waals surface area contributed by atoms with Gasteiger partial charge < -0.3 is 5.73 Å². The summed E-state index contributed by atoms with van der Waals surface area (Å²) < 4.78 is 1.77. The Labute approximate surface area is 112 Å². The number of aromatic nitrogens is 2. The van der Waals surface area contributed by atoms with Crippen LogP contribution in [0, 0.1) is 0 Å². The van der Waals surface area contributed by atoms with E-state index in [-0.39, 0.29) is 0 Å². The van der Waals surface area contributed by atoms with Gasteiger partial charge in [0.05, 0.1) is 5.69 Å². The van der Waals surface area contributed by atoms with Gasteiger partial charge in [0.25, 0.3) is 0 Å². The van der Waals surface area contributed by atoms with Crippen molar-refractivity contribution in [1.82, 2.24) is 9.78 Å². The van der Waals surface area contributed by atoms with Gasteiger partial charge in [-0.05, 0) is 30.5 Å². The maximum atomic E-state index is 6.16. The lowest BCUT2D eigenvalue weighted by Gasteiger charge is -2.24. The highest BCUT2D eigenvalue weighted by molar-refractivity contribution is 6.30. The predicted molar refractivity (Wildman–Crippen MR) is 74.7 cm³/mol. The number of benzene rings is 1. The van der Waals surface area contributed by atoms with E-state index < -0.39 is 0 Å². The summed E-state index contributed by atoms with van der Waals surface area (Å²) in [5, 5.41) is 5.32. The Kier molecular flexibility index (Phi) is 2.78.